The van der Waals surface area contributed by atoms with Crippen LogP contribution >= 0.6 is 0 Å². The number of hydrogen-bond donors (Lipinski definition) is 2. The van der Waals surface area contributed by atoms with Crippen LogP contribution in [0.15, 0.2) is 24.3 Å². The van der Waals surface area contributed by atoms with Gasteiger partial charge in [0.1, 0.15) is 5.75 Å². The Hall–Kier alpha value is -2.30. The highest BCUT2D eigenvalue weighted by Gasteiger charge is 2.35. The van der Waals surface area contributed by atoms with Crippen LogP contribution in [0.4, 0.5) is 0 Å². The van der Waals surface area contributed by atoms with Crippen molar-refractivity contribution in [1.29, 1.82) is 0 Å². The second kappa shape index (κ2) is 3.87. The number of hydrogen-bond acceptors (Lipinski definition) is 3. The van der Waals surface area contributed by atoms with Gasteiger partial charge in [-0.2, -0.15) is 5.10 Å². The van der Waals surface area contributed by atoms with Crippen molar-refractivity contribution in [3.63, 3.8) is 0 Å². The third kappa shape index (κ3) is 1.40. The van der Waals surface area contributed by atoms with Crippen LogP contribution in [0.1, 0.15) is 33.4 Å². The minimum absolute atomic E-state index is 0.148. The lowest BCUT2D eigenvalue weighted by atomic mass is 9.99. The van der Waals surface area contributed by atoms with Gasteiger partial charge in [0, 0.05) is 16.8 Å². The molecule has 0 fully saturated rings. The lowest BCUT2D eigenvalue weighted by Gasteiger charge is -2.15. The Morgan fingerprint density at radius 3 is 2.89 bits per heavy atom. The molecule has 5 heteroatoms. The molecule has 0 aliphatic carbocycles. The fourth-order valence-electron chi connectivity index (χ4n) is 2.37. The number of rotatable bonds is 2. The smallest absolute Gasteiger partial charge is 0.272 e. The van der Waals surface area contributed by atoms with Gasteiger partial charge in [0.05, 0.1) is 13.2 Å². The molecule has 1 aliphatic rings. The summed E-state index contributed by atoms with van der Waals surface area (Å²) in [6, 6.07) is 7.47. The molecular weight excluding hydrogens is 230 g/mol. The van der Waals surface area contributed by atoms with Crippen LogP contribution in [0.3, 0.4) is 0 Å². The van der Waals surface area contributed by atoms with Crippen molar-refractivity contribution < 1.29 is 9.53 Å². The summed E-state index contributed by atoms with van der Waals surface area (Å²) < 4.78 is 5.34. The fraction of sp³-hybridized carbons (Fsp3) is 0.231. The molecule has 0 bridgehead atoms. The van der Waals surface area contributed by atoms with E-state index in [-0.39, 0.29) is 11.9 Å². The number of amides is 1. The van der Waals surface area contributed by atoms with Gasteiger partial charge in [0.2, 0.25) is 0 Å². The average molecular weight is 243 g/mol. The van der Waals surface area contributed by atoms with Crippen LogP contribution in [0.2, 0.25) is 0 Å². The Morgan fingerprint density at radius 2 is 2.11 bits per heavy atom. The van der Waals surface area contributed by atoms with Crippen LogP contribution in [0, 0.1) is 6.92 Å². The first kappa shape index (κ1) is 10.8. The normalized spacial score (nSPS) is 17.4. The van der Waals surface area contributed by atoms with Crippen LogP contribution < -0.4 is 10.1 Å². The SMILES string of the molecule is COc1ccccc1[C@H]1NC(=O)c2n[nH]c(C)c21. The molecule has 92 valence electrons. The second-order valence-electron chi connectivity index (χ2n) is 4.26. The molecule has 2 aromatic rings. The van der Waals surface area contributed by atoms with Crippen molar-refractivity contribution in [2.75, 3.05) is 7.11 Å². The van der Waals surface area contributed by atoms with Gasteiger partial charge in [-0.05, 0) is 13.0 Å². The number of para-hydroxylation sites is 1. The Bertz CT molecular complexity index is 618. The molecule has 0 saturated heterocycles. The zero-order valence-corrected chi connectivity index (χ0v) is 10.2. The lowest BCUT2D eigenvalue weighted by molar-refractivity contribution is 0.0955. The maximum Gasteiger partial charge on any atom is 0.272 e. The van der Waals surface area contributed by atoms with Crippen molar-refractivity contribution in [3.8, 4) is 5.75 Å². The molecular formula is C13H13N3O2. The summed E-state index contributed by atoms with van der Waals surface area (Å²) in [6.07, 6.45) is 0. The summed E-state index contributed by atoms with van der Waals surface area (Å²) in [4.78, 5) is 11.8. The molecule has 1 aliphatic heterocycles. The summed E-state index contributed by atoms with van der Waals surface area (Å²) in [7, 11) is 1.62. The fourth-order valence-corrected chi connectivity index (χ4v) is 2.37. The Morgan fingerprint density at radius 1 is 1.33 bits per heavy atom. The van der Waals surface area contributed by atoms with Crippen LogP contribution in [0.5, 0.6) is 5.75 Å². The molecule has 0 saturated carbocycles. The number of nitrogens with one attached hydrogen (secondary N) is 2. The number of aromatic nitrogens is 2. The van der Waals surface area contributed by atoms with E-state index in [9.17, 15) is 4.79 Å². The molecule has 0 radical (unpaired) electrons. The summed E-state index contributed by atoms with van der Waals surface area (Å²) in [5.74, 6) is 0.613. The Balaban J connectivity index is 2.14. The number of ether oxygens (including phenoxy) is 1. The van der Waals surface area contributed by atoms with Gasteiger partial charge in [-0.25, -0.2) is 0 Å². The predicted molar refractivity (Wildman–Crippen MR) is 65.6 cm³/mol. The first-order chi connectivity index (χ1) is 8.72. The first-order valence-corrected chi connectivity index (χ1v) is 5.71. The van der Waals surface area contributed by atoms with Crippen LogP contribution in [0.25, 0.3) is 0 Å². The van der Waals surface area contributed by atoms with Crippen molar-refractivity contribution >= 4 is 5.91 Å². The molecule has 1 aromatic carbocycles. The molecule has 1 aromatic heterocycles. The number of aromatic amines is 1. The van der Waals surface area contributed by atoms with Crippen molar-refractivity contribution in [1.82, 2.24) is 15.5 Å². The Kier molecular flexibility index (Phi) is 2.33. The second-order valence-corrected chi connectivity index (χ2v) is 4.26. The quantitative estimate of drug-likeness (QED) is 0.841. The van der Waals surface area contributed by atoms with Gasteiger partial charge >= 0.3 is 0 Å². The first-order valence-electron chi connectivity index (χ1n) is 5.71. The van der Waals surface area contributed by atoms with E-state index in [1.165, 1.54) is 0 Å². The molecule has 5 nitrogen and oxygen atoms in total. The van der Waals surface area contributed by atoms with Gasteiger partial charge in [0.15, 0.2) is 5.69 Å². The average Bonchev–Trinajstić information content (AvgIpc) is 2.92. The highest BCUT2D eigenvalue weighted by atomic mass is 16.5. The molecule has 2 heterocycles. The molecule has 18 heavy (non-hydrogen) atoms. The summed E-state index contributed by atoms with van der Waals surface area (Å²) in [5.41, 5.74) is 3.23. The van der Waals surface area contributed by atoms with E-state index >= 15 is 0 Å². The zero-order valence-electron chi connectivity index (χ0n) is 10.2. The summed E-state index contributed by atoms with van der Waals surface area (Å²) in [5, 5.41) is 9.82. The van der Waals surface area contributed by atoms with E-state index in [1.807, 2.05) is 31.2 Å². The molecule has 1 atom stereocenters. The maximum atomic E-state index is 11.8. The topological polar surface area (TPSA) is 67.0 Å². The molecule has 0 unspecified atom stereocenters. The number of carbonyl (C=O) groups is 1. The maximum absolute atomic E-state index is 11.8. The number of carbonyl (C=O) groups excluding carboxylic acids is 1. The Labute approximate surface area is 104 Å². The molecule has 2 N–H and O–H groups in total. The predicted octanol–water partition coefficient (Wildman–Crippen LogP) is 1.56. The third-order valence-corrected chi connectivity index (χ3v) is 3.22. The number of aryl methyl sites for hydroxylation is 1. The van der Waals surface area contributed by atoms with Gasteiger partial charge in [-0.3, -0.25) is 9.89 Å². The minimum atomic E-state index is -0.192. The number of methoxy groups -OCH3 is 1. The monoisotopic (exact) mass is 243 g/mol. The van der Waals surface area contributed by atoms with Crippen molar-refractivity contribution in [3.05, 3.63) is 46.8 Å². The van der Waals surface area contributed by atoms with E-state index in [0.717, 1.165) is 22.6 Å². The van der Waals surface area contributed by atoms with Crippen molar-refractivity contribution in [2.45, 2.75) is 13.0 Å². The van der Waals surface area contributed by atoms with Crippen LogP contribution in [-0.4, -0.2) is 23.2 Å². The largest absolute Gasteiger partial charge is 0.496 e. The number of nitrogens with zero attached hydrogens (tertiary/aromatic N) is 1. The van der Waals surface area contributed by atoms with E-state index in [0.29, 0.717) is 5.69 Å². The number of fused-ring (bicyclic) bond motifs is 1. The summed E-state index contributed by atoms with van der Waals surface area (Å²) >= 11 is 0. The zero-order chi connectivity index (χ0) is 12.7. The standard InChI is InChI=1S/C13H13N3O2/c1-7-10-11(14-13(17)12(10)16-15-7)8-5-3-4-6-9(8)18-2/h3-6,11H,1-2H3,(H,14,17)(H,15,16)/t11-/m1/s1. The van der Waals surface area contributed by atoms with Crippen LogP contribution in [-0.2, 0) is 0 Å². The van der Waals surface area contributed by atoms with E-state index in [4.69, 9.17) is 4.74 Å². The lowest BCUT2D eigenvalue weighted by Crippen LogP contribution is -2.21. The highest BCUT2D eigenvalue weighted by Crippen LogP contribution is 2.36. The van der Waals surface area contributed by atoms with Gasteiger partial charge in [-0.15, -0.1) is 0 Å². The van der Waals surface area contributed by atoms with E-state index < -0.39 is 0 Å². The van der Waals surface area contributed by atoms with Gasteiger partial charge < -0.3 is 10.1 Å². The number of H-pyrrole nitrogens is 1. The molecule has 3 rings (SSSR count). The summed E-state index contributed by atoms with van der Waals surface area (Å²) in [6.45, 7) is 1.91. The van der Waals surface area contributed by atoms with Gasteiger partial charge in [0.25, 0.3) is 5.91 Å². The van der Waals surface area contributed by atoms with E-state index in [2.05, 4.69) is 15.5 Å². The third-order valence-electron chi connectivity index (χ3n) is 3.22. The molecule has 1 amide bonds. The van der Waals surface area contributed by atoms with Gasteiger partial charge in [-0.1, -0.05) is 18.2 Å². The molecule has 0 spiro atoms. The number of benzene rings is 1. The minimum Gasteiger partial charge on any atom is -0.496 e. The highest BCUT2D eigenvalue weighted by molar-refractivity contribution is 5.98. The van der Waals surface area contributed by atoms with E-state index in [1.54, 1.807) is 7.11 Å². The van der Waals surface area contributed by atoms with Crippen molar-refractivity contribution in [2.24, 2.45) is 0 Å².